The van der Waals surface area contributed by atoms with Crippen LogP contribution in [0.3, 0.4) is 0 Å². The molecule has 2 aromatic rings. The number of hydrogen-bond donors (Lipinski definition) is 1. The first kappa shape index (κ1) is 27.1. The number of hydrogen-bond acceptors (Lipinski definition) is 5. The van der Waals surface area contributed by atoms with E-state index in [2.05, 4.69) is 72.9 Å². The maximum Gasteiger partial charge on any atom is 0.0718 e. The summed E-state index contributed by atoms with van der Waals surface area (Å²) in [5, 5.41) is 8.66. The molecule has 0 spiro atoms. The van der Waals surface area contributed by atoms with Crippen molar-refractivity contribution in [2.45, 2.75) is 27.0 Å². The van der Waals surface area contributed by atoms with Gasteiger partial charge in [0.2, 0.25) is 0 Å². The number of rotatable bonds is 15. The van der Waals surface area contributed by atoms with Crippen LogP contribution in [-0.2, 0) is 22.6 Å². The minimum atomic E-state index is 0.0372. The molecule has 0 atom stereocenters. The van der Waals surface area contributed by atoms with E-state index in [0.717, 1.165) is 27.8 Å². The zero-order valence-corrected chi connectivity index (χ0v) is 20.3. The van der Waals surface area contributed by atoms with Crippen LogP contribution in [0.5, 0.6) is 0 Å². The molecule has 0 aliphatic carbocycles. The molecule has 0 aliphatic heterocycles. The molecule has 180 valence electrons. The van der Waals surface area contributed by atoms with Crippen molar-refractivity contribution in [3.8, 4) is 0 Å². The lowest BCUT2D eigenvalue weighted by molar-refractivity contribution is 0.0274. The smallest absolute Gasteiger partial charge is 0.0718 e. The largest absolute Gasteiger partial charge is 0.394 e. The summed E-state index contributed by atoms with van der Waals surface area (Å²) in [6.07, 6.45) is 9.75. The SMILES string of the molecule is C=C/C(=C\C=C(C)C)CN=Cc1cccc(C=NCc2ccc(COCCOCCO)cc2)c1. The van der Waals surface area contributed by atoms with Gasteiger partial charge in [0.1, 0.15) is 0 Å². The third kappa shape index (κ3) is 11.7. The van der Waals surface area contributed by atoms with Crippen molar-refractivity contribution < 1.29 is 14.6 Å². The Bertz CT molecular complexity index is 985. The molecule has 5 nitrogen and oxygen atoms in total. The summed E-state index contributed by atoms with van der Waals surface area (Å²) in [4.78, 5) is 9.12. The summed E-state index contributed by atoms with van der Waals surface area (Å²) in [6, 6.07) is 16.4. The first-order valence-electron chi connectivity index (χ1n) is 11.5. The van der Waals surface area contributed by atoms with Gasteiger partial charge < -0.3 is 14.6 Å². The van der Waals surface area contributed by atoms with Gasteiger partial charge in [-0.15, -0.1) is 0 Å². The van der Waals surface area contributed by atoms with Crippen LogP contribution in [-0.4, -0.2) is 50.5 Å². The van der Waals surface area contributed by atoms with E-state index in [-0.39, 0.29) is 6.61 Å². The van der Waals surface area contributed by atoms with E-state index in [9.17, 15) is 0 Å². The molecule has 34 heavy (non-hydrogen) atoms. The Morgan fingerprint density at radius 1 is 0.882 bits per heavy atom. The Morgan fingerprint density at radius 3 is 2.24 bits per heavy atom. The highest BCUT2D eigenvalue weighted by Crippen LogP contribution is 2.08. The summed E-state index contributed by atoms with van der Waals surface area (Å²) in [5.74, 6) is 0. The van der Waals surface area contributed by atoms with Crippen LogP contribution >= 0.6 is 0 Å². The van der Waals surface area contributed by atoms with E-state index in [1.54, 1.807) is 0 Å². The van der Waals surface area contributed by atoms with Crippen LogP contribution in [0.15, 0.2) is 94.5 Å². The van der Waals surface area contributed by atoms with E-state index in [0.29, 0.717) is 39.5 Å². The van der Waals surface area contributed by atoms with Crippen LogP contribution in [0.4, 0.5) is 0 Å². The zero-order chi connectivity index (χ0) is 24.4. The molecular weight excluding hydrogens is 424 g/mol. The normalized spacial score (nSPS) is 11.9. The van der Waals surface area contributed by atoms with Gasteiger partial charge in [0.25, 0.3) is 0 Å². The third-order valence-corrected chi connectivity index (χ3v) is 4.73. The van der Waals surface area contributed by atoms with Gasteiger partial charge in [0, 0.05) is 12.4 Å². The summed E-state index contributed by atoms with van der Waals surface area (Å²) in [5.41, 5.74) is 6.67. The highest BCUT2D eigenvalue weighted by atomic mass is 16.5. The van der Waals surface area contributed by atoms with Gasteiger partial charge in [-0.1, -0.05) is 72.8 Å². The molecule has 2 aromatic carbocycles. The third-order valence-electron chi connectivity index (χ3n) is 4.73. The fourth-order valence-corrected chi connectivity index (χ4v) is 2.91. The lowest BCUT2D eigenvalue weighted by atomic mass is 10.1. The van der Waals surface area contributed by atoms with Crippen LogP contribution in [0.25, 0.3) is 0 Å². The number of aliphatic hydroxyl groups excluding tert-OH is 1. The lowest BCUT2D eigenvalue weighted by Crippen LogP contribution is -2.07. The van der Waals surface area contributed by atoms with Gasteiger partial charge in [0.05, 0.1) is 46.1 Å². The second-order valence-electron chi connectivity index (χ2n) is 8.00. The Morgan fingerprint density at radius 2 is 1.56 bits per heavy atom. The number of ether oxygens (including phenoxy) is 2. The Kier molecular flexibility index (Phi) is 13.2. The number of aliphatic hydroxyl groups is 1. The van der Waals surface area contributed by atoms with Crippen LogP contribution < -0.4 is 0 Å². The van der Waals surface area contributed by atoms with Crippen LogP contribution in [0.1, 0.15) is 36.1 Å². The molecule has 0 heterocycles. The quantitative estimate of drug-likeness (QED) is 0.222. The van der Waals surface area contributed by atoms with Crippen molar-refractivity contribution >= 4 is 12.4 Å². The van der Waals surface area contributed by atoms with Crippen molar-refractivity contribution in [1.29, 1.82) is 0 Å². The van der Waals surface area contributed by atoms with Crippen molar-refractivity contribution in [3.63, 3.8) is 0 Å². The molecular formula is C29H36N2O3. The Hall–Kier alpha value is -3.12. The summed E-state index contributed by atoms with van der Waals surface area (Å²) in [6.45, 7) is 11.1. The molecule has 5 heteroatoms. The zero-order valence-electron chi connectivity index (χ0n) is 20.3. The maximum atomic E-state index is 8.66. The van der Waals surface area contributed by atoms with E-state index in [1.807, 2.05) is 36.7 Å². The highest BCUT2D eigenvalue weighted by Gasteiger charge is 1.97. The molecule has 2 rings (SSSR count). The number of benzene rings is 2. The fraction of sp³-hybridized carbons (Fsp3) is 0.310. The molecule has 0 saturated carbocycles. The van der Waals surface area contributed by atoms with Gasteiger partial charge >= 0.3 is 0 Å². The van der Waals surface area contributed by atoms with Gasteiger partial charge in [-0.25, -0.2) is 0 Å². The Labute approximate surface area is 203 Å². The molecule has 0 aliphatic rings. The first-order chi connectivity index (χ1) is 16.6. The molecule has 1 N–H and O–H groups in total. The molecule has 0 unspecified atom stereocenters. The predicted molar refractivity (Wildman–Crippen MR) is 142 cm³/mol. The molecule has 0 saturated heterocycles. The van der Waals surface area contributed by atoms with Gasteiger partial charge in [0.15, 0.2) is 0 Å². The molecule has 0 fully saturated rings. The average Bonchev–Trinajstić information content (AvgIpc) is 2.84. The van der Waals surface area contributed by atoms with Gasteiger partial charge in [-0.3, -0.25) is 9.98 Å². The second-order valence-corrected chi connectivity index (χ2v) is 8.00. The van der Waals surface area contributed by atoms with Crippen molar-refractivity contribution in [1.82, 2.24) is 0 Å². The van der Waals surface area contributed by atoms with Crippen molar-refractivity contribution in [2.75, 3.05) is 33.0 Å². The van der Waals surface area contributed by atoms with Crippen LogP contribution in [0.2, 0.25) is 0 Å². The van der Waals surface area contributed by atoms with Crippen molar-refractivity contribution in [2.24, 2.45) is 9.98 Å². The van der Waals surface area contributed by atoms with E-state index >= 15 is 0 Å². The predicted octanol–water partition coefficient (Wildman–Crippen LogP) is 5.33. The summed E-state index contributed by atoms with van der Waals surface area (Å²) >= 11 is 0. The topological polar surface area (TPSA) is 63.4 Å². The summed E-state index contributed by atoms with van der Waals surface area (Å²) < 4.78 is 10.7. The fourth-order valence-electron chi connectivity index (χ4n) is 2.91. The van der Waals surface area contributed by atoms with E-state index < -0.39 is 0 Å². The molecule has 0 aromatic heterocycles. The Balaban J connectivity index is 1.81. The monoisotopic (exact) mass is 460 g/mol. The number of aliphatic imine (C=N–C) groups is 2. The van der Waals surface area contributed by atoms with E-state index in [1.165, 1.54) is 5.57 Å². The molecule has 0 radical (unpaired) electrons. The van der Waals surface area contributed by atoms with Gasteiger partial charge in [-0.05, 0) is 47.7 Å². The lowest BCUT2D eigenvalue weighted by Gasteiger charge is -2.05. The number of nitrogens with zero attached hydrogens (tertiary/aromatic N) is 2. The molecule has 0 amide bonds. The summed E-state index contributed by atoms with van der Waals surface area (Å²) in [7, 11) is 0. The highest BCUT2D eigenvalue weighted by molar-refractivity contribution is 5.86. The van der Waals surface area contributed by atoms with Crippen molar-refractivity contribution in [3.05, 3.63) is 107 Å². The minimum Gasteiger partial charge on any atom is -0.394 e. The molecule has 0 bridgehead atoms. The first-order valence-corrected chi connectivity index (χ1v) is 11.5. The average molecular weight is 461 g/mol. The minimum absolute atomic E-state index is 0.0372. The van der Waals surface area contributed by atoms with Gasteiger partial charge in [-0.2, -0.15) is 0 Å². The number of allylic oxidation sites excluding steroid dienone is 3. The second kappa shape index (κ2) is 16.5. The van der Waals surface area contributed by atoms with Crippen LogP contribution in [0, 0.1) is 0 Å². The maximum absolute atomic E-state index is 8.66. The standard InChI is InChI=1S/C29H36N2O3/c1-4-25(9-8-24(2)3)19-30-21-28-6-5-7-29(18-28)22-31-20-26-10-12-27(13-11-26)23-34-17-16-33-15-14-32/h4-13,18,21-22,32H,1,14-17,19-20,23H2,2-3H3/b25-9+,30-21?,31-22?. The van der Waals surface area contributed by atoms with E-state index in [4.69, 9.17) is 14.6 Å².